The molecule has 0 saturated heterocycles. The molecule has 2 aromatic carbocycles. The molecule has 0 aliphatic rings. The first-order valence-electron chi connectivity index (χ1n) is 6.55. The summed E-state index contributed by atoms with van der Waals surface area (Å²) in [5, 5.41) is 0. The van der Waals surface area contributed by atoms with E-state index < -0.39 is 5.82 Å². The molecular formula is C16H15BrFNO2. The van der Waals surface area contributed by atoms with E-state index in [1.807, 2.05) is 6.92 Å². The minimum Gasteiger partial charge on any atom is -0.492 e. The quantitative estimate of drug-likeness (QED) is 0.649. The molecule has 21 heavy (non-hydrogen) atoms. The Morgan fingerprint density at radius 1 is 1.29 bits per heavy atom. The van der Waals surface area contributed by atoms with E-state index in [1.54, 1.807) is 18.2 Å². The van der Waals surface area contributed by atoms with Gasteiger partial charge in [0, 0.05) is 16.8 Å². The average Bonchev–Trinajstić information content (AvgIpc) is 2.47. The van der Waals surface area contributed by atoms with Crippen molar-refractivity contribution >= 4 is 27.4 Å². The fourth-order valence-corrected chi connectivity index (χ4v) is 2.35. The number of nitrogens with two attached hydrogens (primary N) is 1. The highest BCUT2D eigenvalue weighted by molar-refractivity contribution is 9.10. The van der Waals surface area contributed by atoms with Crippen molar-refractivity contribution in [2.45, 2.75) is 13.3 Å². The van der Waals surface area contributed by atoms with Crippen LogP contribution in [-0.4, -0.2) is 12.4 Å². The van der Waals surface area contributed by atoms with Crippen LogP contribution in [0.1, 0.15) is 29.3 Å². The van der Waals surface area contributed by atoms with Gasteiger partial charge in [-0.25, -0.2) is 4.39 Å². The van der Waals surface area contributed by atoms with Gasteiger partial charge in [0.15, 0.2) is 5.78 Å². The van der Waals surface area contributed by atoms with Crippen LogP contribution in [0.2, 0.25) is 0 Å². The molecule has 0 aliphatic heterocycles. The van der Waals surface area contributed by atoms with E-state index in [2.05, 4.69) is 15.9 Å². The lowest BCUT2D eigenvalue weighted by Crippen LogP contribution is -2.06. The van der Waals surface area contributed by atoms with Crippen LogP contribution < -0.4 is 10.5 Å². The number of benzene rings is 2. The molecule has 2 aromatic rings. The second-order valence-corrected chi connectivity index (χ2v) is 5.41. The Morgan fingerprint density at radius 3 is 2.71 bits per heavy atom. The van der Waals surface area contributed by atoms with Gasteiger partial charge < -0.3 is 10.5 Å². The molecule has 0 amide bonds. The largest absolute Gasteiger partial charge is 0.492 e. The van der Waals surface area contributed by atoms with Crippen LogP contribution in [0, 0.1) is 5.82 Å². The van der Waals surface area contributed by atoms with Gasteiger partial charge in [0.1, 0.15) is 11.6 Å². The molecule has 0 radical (unpaired) electrons. The number of carbonyl (C=O) groups excluding carboxylic acids is 1. The average molecular weight is 352 g/mol. The van der Waals surface area contributed by atoms with Gasteiger partial charge in [-0.15, -0.1) is 0 Å². The van der Waals surface area contributed by atoms with Gasteiger partial charge in [0.25, 0.3) is 0 Å². The zero-order valence-electron chi connectivity index (χ0n) is 11.5. The van der Waals surface area contributed by atoms with Crippen LogP contribution in [0.3, 0.4) is 0 Å². The SMILES string of the molecule is CCCOc1ccc(C(=O)c2cc(F)ccc2N)cc1Br. The number of carbonyl (C=O) groups is 1. The van der Waals surface area contributed by atoms with E-state index in [4.69, 9.17) is 10.5 Å². The fraction of sp³-hybridized carbons (Fsp3) is 0.188. The molecule has 0 saturated carbocycles. The van der Waals surface area contributed by atoms with Crippen LogP contribution in [0.4, 0.5) is 10.1 Å². The molecule has 0 unspecified atom stereocenters. The Kier molecular flexibility index (Phi) is 4.96. The van der Waals surface area contributed by atoms with Crippen LogP contribution in [0.25, 0.3) is 0 Å². The van der Waals surface area contributed by atoms with E-state index in [1.165, 1.54) is 12.1 Å². The maximum atomic E-state index is 13.3. The van der Waals surface area contributed by atoms with Gasteiger partial charge in [-0.2, -0.15) is 0 Å². The molecule has 0 aromatic heterocycles. The summed E-state index contributed by atoms with van der Waals surface area (Å²) < 4.78 is 19.5. The van der Waals surface area contributed by atoms with Crippen molar-refractivity contribution in [1.82, 2.24) is 0 Å². The van der Waals surface area contributed by atoms with Crippen molar-refractivity contribution in [3.8, 4) is 5.75 Å². The normalized spacial score (nSPS) is 10.4. The molecule has 0 heterocycles. The Bertz CT molecular complexity index is 673. The molecule has 2 N–H and O–H groups in total. The van der Waals surface area contributed by atoms with E-state index >= 15 is 0 Å². The van der Waals surface area contributed by atoms with Gasteiger partial charge in [-0.05, 0) is 58.7 Å². The first-order valence-corrected chi connectivity index (χ1v) is 7.34. The van der Waals surface area contributed by atoms with Crippen molar-refractivity contribution < 1.29 is 13.9 Å². The molecule has 0 aliphatic carbocycles. The number of nitrogen functional groups attached to an aromatic ring is 1. The maximum Gasteiger partial charge on any atom is 0.195 e. The summed E-state index contributed by atoms with van der Waals surface area (Å²) in [5.74, 6) is -0.148. The minimum absolute atomic E-state index is 0.157. The van der Waals surface area contributed by atoms with Crippen LogP contribution >= 0.6 is 15.9 Å². The number of ketones is 1. The lowest BCUT2D eigenvalue weighted by atomic mass is 10.0. The third kappa shape index (κ3) is 3.61. The summed E-state index contributed by atoms with van der Waals surface area (Å²) in [6.07, 6.45) is 0.896. The molecule has 2 rings (SSSR count). The monoisotopic (exact) mass is 351 g/mol. The Balaban J connectivity index is 2.31. The summed E-state index contributed by atoms with van der Waals surface area (Å²) in [7, 11) is 0. The maximum absolute atomic E-state index is 13.3. The van der Waals surface area contributed by atoms with Crippen LogP contribution in [0.15, 0.2) is 40.9 Å². The lowest BCUT2D eigenvalue weighted by Gasteiger charge is -2.09. The summed E-state index contributed by atoms with van der Waals surface area (Å²) in [5.41, 5.74) is 6.57. The molecule has 0 fully saturated rings. The number of ether oxygens (including phenoxy) is 1. The summed E-state index contributed by atoms with van der Waals surface area (Å²) in [6, 6.07) is 8.76. The second-order valence-electron chi connectivity index (χ2n) is 4.55. The van der Waals surface area contributed by atoms with E-state index in [-0.39, 0.29) is 17.0 Å². The van der Waals surface area contributed by atoms with Gasteiger partial charge in [-0.1, -0.05) is 6.92 Å². The molecule has 5 heteroatoms. The van der Waals surface area contributed by atoms with Crippen LogP contribution in [-0.2, 0) is 0 Å². The molecule has 110 valence electrons. The second kappa shape index (κ2) is 6.72. The first kappa shape index (κ1) is 15.5. The number of hydrogen-bond donors (Lipinski definition) is 1. The lowest BCUT2D eigenvalue weighted by molar-refractivity contribution is 0.103. The van der Waals surface area contributed by atoms with Crippen molar-refractivity contribution in [1.29, 1.82) is 0 Å². The predicted molar refractivity (Wildman–Crippen MR) is 84.2 cm³/mol. The zero-order valence-corrected chi connectivity index (χ0v) is 13.1. The number of rotatable bonds is 5. The zero-order chi connectivity index (χ0) is 15.4. The Morgan fingerprint density at radius 2 is 2.05 bits per heavy atom. The van der Waals surface area contributed by atoms with Crippen LogP contribution in [0.5, 0.6) is 5.75 Å². The summed E-state index contributed by atoms with van der Waals surface area (Å²) in [6.45, 7) is 2.61. The number of anilines is 1. The van der Waals surface area contributed by atoms with Gasteiger partial charge in [0.05, 0.1) is 11.1 Å². The van der Waals surface area contributed by atoms with Crippen molar-refractivity contribution in [3.63, 3.8) is 0 Å². The number of hydrogen-bond acceptors (Lipinski definition) is 3. The standard InChI is InChI=1S/C16H15BrFNO2/c1-2-7-21-15-6-3-10(8-13(15)17)16(20)12-9-11(18)4-5-14(12)19/h3-6,8-9H,2,7,19H2,1H3. The summed E-state index contributed by atoms with van der Waals surface area (Å²) in [4.78, 5) is 12.4. The third-order valence-corrected chi connectivity index (χ3v) is 3.54. The van der Waals surface area contributed by atoms with Crippen molar-refractivity contribution in [2.24, 2.45) is 0 Å². The Hall–Kier alpha value is -1.88. The molecule has 3 nitrogen and oxygen atoms in total. The van der Waals surface area contributed by atoms with E-state index in [0.717, 1.165) is 12.5 Å². The topological polar surface area (TPSA) is 52.3 Å². The van der Waals surface area contributed by atoms with Gasteiger partial charge in [0.2, 0.25) is 0 Å². The minimum atomic E-state index is -0.491. The first-order chi connectivity index (χ1) is 10.0. The highest BCUT2D eigenvalue weighted by atomic mass is 79.9. The molecule has 0 atom stereocenters. The molecule has 0 bridgehead atoms. The smallest absolute Gasteiger partial charge is 0.195 e. The molecular weight excluding hydrogens is 337 g/mol. The third-order valence-electron chi connectivity index (χ3n) is 2.92. The summed E-state index contributed by atoms with van der Waals surface area (Å²) >= 11 is 3.37. The highest BCUT2D eigenvalue weighted by Gasteiger charge is 2.15. The van der Waals surface area contributed by atoms with Gasteiger partial charge >= 0.3 is 0 Å². The van der Waals surface area contributed by atoms with Gasteiger partial charge in [-0.3, -0.25) is 4.79 Å². The van der Waals surface area contributed by atoms with E-state index in [9.17, 15) is 9.18 Å². The Labute approximate surface area is 131 Å². The van der Waals surface area contributed by atoms with Crippen molar-refractivity contribution in [3.05, 3.63) is 57.8 Å². The van der Waals surface area contributed by atoms with Crippen molar-refractivity contribution in [2.75, 3.05) is 12.3 Å². The highest BCUT2D eigenvalue weighted by Crippen LogP contribution is 2.28. The fourth-order valence-electron chi connectivity index (χ4n) is 1.85. The predicted octanol–water partition coefficient (Wildman–Crippen LogP) is 4.19. The number of halogens is 2. The molecule has 0 spiro atoms. The van der Waals surface area contributed by atoms with E-state index in [0.29, 0.717) is 22.4 Å².